The average molecular weight is 357 g/mol. The second kappa shape index (κ2) is 7.29. The Hall–Kier alpha value is -2.67. The van der Waals surface area contributed by atoms with E-state index < -0.39 is 5.97 Å². The first kappa shape index (κ1) is 18.1. The number of aryl methyl sites for hydroxylation is 2. The van der Waals surface area contributed by atoms with E-state index in [1.165, 1.54) is 0 Å². The molecule has 0 saturated carbocycles. The predicted molar refractivity (Wildman–Crippen MR) is 95.5 cm³/mol. The van der Waals surface area contributed by atoms with Crippen molar-refractivity contribution < 1.29 is 19.4 Å². The van der Waals surface area contributed by atoms with Crippen LogP contribution in [0.25, 0.3) is 5.69 Å². The predicted octanol–water partition coefficient (Wildman–Crippen LogP) is 2.19. The fourth-order valence-corrected chi connectivity index (χ4v) is 3.36. The third-order valence-electron chi connectivity index (χ3n) is 4.77. The number of rotatable bonds is 5. The molecule has 0 bridgehead atoms. The molecule has 1 aliphatic heterocycles. The molecule has 1 aromatic carbocycles. The standard InChI is InChI=1S/C19H23N3O4/c1-12-4-6-14(7-5-12)22-13(2)8-17(20-22)19(25)21-11-16(26-3)9-15(21)10-18(23)24/h4-8,15-16H,9-11H2,1-3H3,(H,23,24). The lowest BCUT2D eigenvalue weighted by Crippen LogP contribution is -2.37. The van der Waals surface area contributed by atoms with Crippen molar-refractivity contribution >= 4 is 11.9 Å². The number of aliphatic carboxylic acids is 1. The highest BCUT2D eigenvalue weighted by atomic mass is 16.5. The van der Waals surface area contributed by atoms with Crippen LogP contribution >= 0.6 is 0 Å². The van der Waals surface area contributed by atoms with E-state index in [0.717, 1.165) is 16.9 Å². The van der Waals surface area contributed by atoms with Gasteiger partial charge in [0.1, 0.15) is 0 Å². The molecule has 138 valence electrons. The molecule has 26 heavy (non-hydrogen) atoms. The van der Waals surface area contributed by atoms with Crippen molar-refractivity contribution in [2.45, 2.75) is 38.8 Å². The van der Waals surface area contributed by atoms with Crippen LogP contribution < -0.4 is 0 Å². The lowest BCUT2D eigenvalue weighted by Gasteiger charge is -2.22. The van der Waals surface area contributed by atoms with Gasteiger partial charge in [-0.3, -0.25) is 9.59 Å². The molecule has 2 unspecified atom stereocenters. The number of methoxy groups -OCH3 is 1. The number of benzene rings is 1. The topological polar surface area (TPSA) is 84.7 Å². The third-order valence-corrected chi connectivity index (χ3v) is 4.77. The number of carboxylic acids is 1. The minimum atomic E-state index is -0.925. The number of carbonyl (C=O) groups is 2. The summed E-state index contributed by atoms with van der Waals surface area (Å²) in [5.41, 5.74) is 3.18. The van der Waals surface area contributed by atoms with Crippen molar-refractivity contribution in [3.8, 4) is 5.69 Å². The fourth-order valence-electron chi connectivity index (χ4n) is 3.36. The Labute approximate surface area is 152 Å². The number of hydrogen-bond acceptors (Lipinski definition) is 4. The molecule has 3 rings (SSSR count). The van der Waals surface area contributed by atoms with Crippen molar-refractivity contribution in [1.82, 2.24) is 14.7 Å². The number of amides is 1. The molecule has 1 amide bonds. The lowest BCUT2D eigenvalue weighted by atomic mass is 10.1. The Morgan fingerprint density at radius 3 is 2.58 bits per heavy atom. The van der Waals surface area contributed by atoms with Gasteiger partial charge in [0, 0.05) is 25.4 Å². The van der Waals surface area contributed by atoms with E-state index in [0.29, 0.717) is 18.7 Å². The smallest absolute Gasteiger partial charge is 0.305 e. The van der Waals surface area contributed by atoms with E-state index in [-0.39, 0.29) is 24.5 Å². The summed E-state index contributed by atoms with van der Waals surface area (Å²) in [5.74, 6) is -1.18. The number of aromatic nitrogens is 2. The molecule has 7 nitrogen and oxygen atoms in total. The average Bonchev–Trinajstić information content (AvgIpc) is 3.18. The lowest BCUT2D eigenvalue weighted by molar-refractivity contribution is -0.138. The monoisotopic (exact) mass is 357 g/mol. The number of nitrogens with zero attached hydrogens (tertiary/aromatic N) is 3. The van der Waals surface area contributed by atoms with Gasteiger partial charge in [-0.25, -0.2) is 4.68 Å². The van der Waals surface area contributed by atoms with E-state index in [4.69, 9.17) is 9.84 Å². The first-order valence-corrected chi connectivity index (χ1v) is 8.58. The highest BCUT2D eigenvalue weighted by molar-refractivity contribution is 5.93. The second-order valence-electron chi connectivity index (χ2n) is 6.72. The summed E-state index contributed by atoms with van der Waals surface area (Å²) in [7, 11) is 1.58. The van der Waals surface area contributed by atoms with Crippen molar-refractivity contribution in [2.24, 2.45) is 0 Å². The van der Waals surface area contributed by atoms with Gasteiger partial charge in [-0.15, -0.1) is 0 Å². The molecule has 7 heteroatoms. The summed E-state index contributed by atoms with van der Waals surface area (Å²) in [5, 5.41) is 13.6. The van der Waals surface area contributed by atoms with Crippen LogP contribution in [0.4, 0.5) is 0 Å². The summed E-state index contributed by atoms with van der Waals surface area (Å²) in [6, 6.07) is 9.24. The zero-order valence-corrected chi connectivity index (χ0v) is 15.2. The van der Waals surface area contributed by atoms with Crippen LogP contribution in [0, 0.1) is 13.8 Å². The number of carbonyl (C=O) groups excluding carboxylic acids is 1. The molecule has 1 aliphatic rings. The SMILES string of the molecule is COC1CC(CC(=O)O)N(C(=O)c2cc(C)n(-c3ccc(C)cc3)n2)C1. The Morgan fingerprint density at radius 1 is 1.27 bits per heavy atom. The van der Waals surface area contributed by atoms with Crippen LogP contribution in [0.15, 0.2) is 30.3 Å². The maximum Gasteiger partial charge on any atom is 0.305 e. The van der Waals surface area contributed by atoms with E-state index >= 15 is 0 Å². The van der Waals surface area contributed by atoms with Crippen LogP contribution in [-0.2, 0) is 9.53 Å². The zero-order valence-electron chi connectivity index (χ0n) is 15.2. The first-order valence-electron chi connectivity index (χ1n) is 8.58. The Bertz CT molecular complexity index is 813. The van der Waals surface area contributed by atoms with E-state index in [2.05, 4.69) is 5.10 Å². The van der Waals surface area contributed by atoms with Gasteiger partial charge >= 0.3 is 5.97 Å². The molecule has 2 heterocycles. The van der Waals surface area contributed by atoms with Gasteiger partial charge in [0.2, 0.25) is 0 Å². The van der Waals surface area contributed by atoms with Crippen LogP contribution in [0.5, 0.6) is 0 Å². The minimum absolute atomic E-state index is 0.0940. The summed E-state index contributed by atoms with van der Waals surface area (Å²) < 4.78 is 7.06. The second-order valence-corrected chi connectivity index (χ2v) is 6.72. The van der Waals surface area contributed by atoms with Gasteiger partial charge in [0.05, 0.1) is 18.2 Å². The van der Waals surface area contributed by atoms with Gasteiger partial charge in [-0.05, 0) is 38.5 Å². The number of likely N-dealkylation sites (tertiary alicyclic amines) is 1. The normalized spacial score (nSPS) is 19.7. The molecular formula is C19H23N3O4. The molecule has 0 radical (unpaired) electrons. The summed E-state index contributed by atoms with van der Waals surface area (Å²) in [6.45, 7) is 4.28. The van der Waals surface area contributed by atoms with Gasteiger partial charge in [-0.2, -0.15) is 5.10 Å². The first-order chi connectivity index (χ1) is 12.4. The summed E-state index contributed by atoms with van der Waals surface area (Å²) in [6.07, 6.45) is 0.277. The highest BCUT2D eigenvalue weighted by Crippen LogP contribution is 2.25. The maximum atomic E-state index is 13.0. The fraction of sp³-hybridized carbons (Fsp3) is 0.421. The molecule has 1 aromatic heterocycles. The molecular weight excluding hydrogens is 334 g/mol. The zero-order chi connectivity index (χ0) is 18.8. The van der Waals surface area contributed by atoms with Crippen LogP contribution in [0.1, 0.15) is 34.6 Å². The highest BCUT2D eigenvalue weighted by Gasteiger charge is 2.37. The van der Waals surface area contributed by atoms with E-state index in [1.807, 2.05) is 38.1 Å². The molecule has 0 spiro atoms. The van der Waals surface area contributed by atoms with Crippen molar-refractivity contribution in [3.63, 3.8) is 0 Å². The van der Waals surface area contributed by atoms with Gasteiger partial charge < -0.3 is 14.7 Å². The molecule has 2 aromatic rings. The maximum absolute atomic E-state index is 13.0. The molecule has 1 saturated heterocycles. The third kappa shape index (κ3) is 3.62. The van der Waals surface area contributed by atoms with Crippen LogP contribution in [0.2, 0.25) is 0 Å². The quantitative estimate of drug-likeness (QED) is 0.887. The molecule has 1 N–H and O–H groups in total. The number of carboxylic acid groups (broad SMARTS) is 1. The van der Waals surface area contributed by atoms with E-state index in [9.17, 15) is 9.59 Å². The number of hydrogen-bond donors (Lipinski definition) is 1. The van der Waals surface area contributed by atoms with Crippen molar-refractivity contribution in [2.75, 3.05) is 13.7 Å². The van der Waals surface area contributed by atoms with Gasteiger partial charge in [-0.1, -0.05) is 17.7 Å². The van der Waals surface area contributed by atoms with Gasteiger partial charge in [0.15, 0.2) is 5.69 Å². The summed E-state index contributed by atoms with van der Waals surface area (Å²) >= 11 is 0. The minimum Gasteiger partial charge on any atom is -0.481 e. The van der Waals surface area contributed by atoms with Gasteiger partial charge in [0.25, 0.3) is 5.91 Å². The van der Waals surface area contributed by atoms with Crippen LogP contribution in [0.3, 0.4) is 0 Å². The largest absolute Gasteiger partial charge is 0.481 e. The molecule has 1 fully saturated rings. The number of ether oxygens (including phenoxy) is 1. The Kier molecular flexibility index (Phi) is 5.08. The van der Waals surface area contributed by atoms with Crippen molar-refractivity contribution in [1.29, 1.82) is 0 Å². The van der Waals surface area contributed by atoms with Crippen molar-refractivity contribution in [3.05, 3.63) is 47.3 Å². The molecule has 2 atom stereocenters. The van der Waals surface area contributed by atoms with E-state index in [1.54, 1.807) is 22.8 Å². The molecule has 0 aliphatic carbocycles. The van der Waals surface area contributed by atoms with Crippen LogP contribution in [-0.4, -0.2) is 57.5 Å². The summed E-state index contributed by atoms with van der Waals surface area (Å²) in [4.78, 5) is 25.7. The Balaban J connectivity index is 1.86. The Morgan fingerprint density at radius 2 is 1.96 bits per heavy atom.